The molecule has 1 saturated heterocycles. The maximum Gasteiger partial charge on any atom is 0.254 e. The van der Waals surface area contributed by atoms with Crippen molar-refractivity contribution >= 4 is 35.0 Å². The molecule has 1 aromatic rings. The zero-order valence-corrected chi connectivity index (χ0v) is 12.8. The Morgan fingerprint density at radius 1 is 1.29 bits per heavy atom. The Balaban J connectivity index is 1.79. The molecule has 0 aliphatic carbocycles. The van der Waals surface area contributed by atoms with Crippen molar-refractivity contribution in [3.63, 3.8) is 0 Å². The van der Waals surface area contributed by atoms with Gasteiger partial charge in [-0.3, -0.25) is 9.59 Å². The molecule has 1 aliphatic heterocycles. The largest absolute Gasteiger partial charge is 0.378 e. The number of ether oxygens (including phenoxy) is 1. The smallest absolute Gasteiger partial charge is 0.254 e. The van der Waals surface area contributed by atoms with Gasteiger partial charge in [0.2, 0.25) is 5.91 Å². The third-order valence-corrected chi connectivity index (χ3v) is 3.55. The lowest BCUT2D eigenvalue weighted by atomic mass is 10.2. The highest BCUT2D eigenvalue weighted by molar-refractivity contribution is 6.34. The molecule has 2 amide bonds. The van der Waals surface area contributed by atoms with E-state index in [2.05, 4.69) is 10.3 Å². The van der Waals surface area contributed by atoms with Crippen LogP contribution in [0.4, 0.5) is 0 Å². The second-order valence-electron chi connectivity index (χ2n) is 4.47. The van der Waals surface area contributed by atoms with Crippen molar-refractivity contribution < 1.29 is 14.3 Å². The number of hydrogen-bond donors (Lipinski definition) is 1. The van der Waals surface area contributed by atoms with Crippen LogP contribution in [0.1, 0.15) is 16.8 Å². The van der Waals surface area contributed by atoms with Crippen LogP contribution in [0.3, 0.4) is 0 Å². The second kappa shape index (κ2) is 7.59. The van der Waals surface area contributed by atoms with Gasteiger partial charge in [-0.05, 0) is 12.1 Å². The number of pyridine rings is 1. The van der Waals surface area contributed by atoms with E-state index in [-0.39, 0.29) is 40.6 Å². The molecular formula is C13H15Cl2N3O3. The number of morpholine rings is 1. The zero-order valence-electron chi connectivity index (χ0n) is 11.3. The van der Waals surface area contributed by atoms with Crippen molar-refractivity contribution in [1.29, 1.82) is 0 Å². The van der Waals surface area contributed by atoms with E-state index >= 15 is 0 Å². The summed E-state index contributed by atoms with van der Waals surface area (Å²) in [6, 6.07) is 2.98. The molecule has 21 heavy (non-hydrogen) atoms. The summed E-state index contributed by atoms with van der Waals surface area (Å²) in [5.41, 5.74) is 0.236. The number of halogens is 2. The van der Waals surface area contributed by atoms with Gasteiger partial charge in [0.05, 0.1) is 18.8 Å². The van der Waals surface area contributed by atoms with Crippen LogP contribution >= 0.6 is 23.2 Å². The number of hydrogen-bond acceptors (Lipinski definition) is 4. The third kappa shape index (κ3) is 4.56. The van der Waals surface area contributed by atoms with E-state index in [9.17, 15) is 9.59 Å². The molecule has 1 N–H and O–H groups in total. The molecule has 1 aliphatic rings. The Bertz CT molecular complexity index is 533. The van der Waals surface area contributed by atoms with Gasteiger partial charge in [-0.15, -0.1) is 0 Å². The Morgan fingerprint density at radius 3 is 2.67 bits per heavy atom. The number of amides is 2. The van der Waals surface area contributed by atoms with Crippen molar-refractivity contribution in [3.05, 3.63) is 28.0 Å². The van der Waals surface area contributed by atoms with Crippen LogP contribution < -0.4 is 5.32 Å². The number of nitrogens with zero attached hydrogens (tertiary/aromatic N) is 2. The first-order chi connectivity index (χ1) is 10.1. The first kappa shape index (κ1) is 16.0. The second-order valence-corrected chi connectivity index (χ2v) is 5.22. The summed E-state index contributed by atoms with van der Waals surface area (Å²) in [6.45, 7) is 2.56. The SMILES string of the molecule is O=C(NCCC(=O)N1CCOCC1)c1ccc(Cl)nc1Cl. The molecular weight excluding hydrogens is 317 g/mol. The molecule has 0 radical (unpaired) electrons. The standard InChI is InChI=1S/C13H15Cl2N3O3/c14-10-2-1-9(12(15)17-10)13(20)16-4-3-11(19)18-5-7-21-8-6-18/h1-2H,3-8H2,(H,16,20). The first-order valence-corrected chi connectivity index (χ1v) is 7.29. The van der Waals surface area contributed by atoms with Gasteiger partial charge in [0, 0.05) is 26.1 Å². The number of rotatable bonds is 4. The molecule has 2 heterocycles. The van der Waals surface area contributed by atoms with Crippen molar-refractivity contribution in [3.8, 4) is 0 Å². The molecule has 0 bridgehead atoms. The molecule has 2 rings (SSSR count). The fourth-order valence-electron chi connectivity index (χ4n) is 1.93. The number of carbonyl (C=O) groups is 2. The lowest BCUT2D eigenvalue weighted by Gasteiger charge is -2.26. The maximum absolute atomic E-state index is 11.9. The topological polar surface area (TPSA) is 71.5 Å². The van der Waals surface area contributed by atoms with Gasteiger partial charge in [-0.1, -0.05) is 23.2 Å². The minimum Gasteiger partial charge on any atom is -0.378 e. The molecule has 0 atom stereocenters. The monoisotopic (exact) mass is 331 g/mol. The lowest BCUT2D eigenvalue weighted by Crippen LogP contribution is -2.42. The van der Waals surface area contributed by atoms with Crippen LogP contribution in [-0.2, 0) is 9.53 Å². The van der Waals surface area contributed by atoms with Crippen molar-refractivity contribution in [2.45, 2.75) is 6.42 Å². The summed E-state index contributed by atoms with van der Waals surface area (Å²) in [6.07, 6.45) is 0.240. The normalized spacial score (nSPS) is 14.9. The van der Waals surface area contributed by atoms with E-state index in [1.807, 2.05) is 0 Å². The first-order valence-electron chi connectivity index (χ1n) is 6.53. The van der Waals surface area contributed by atoms with E-state index in [0.29, 0.717) is 26.3 Å². The molecule has 1 aromatic heterocycles. The summed E-state index contributed by atoms with van der Waals surface area (Å²) in [5.74, 6) is -0.377. The molecule has 0 spiro atoms. The highest BCUT2D eigenvalue weighted by Crippen LogP contribution is 2.16. The minimum atomic E-state index is -0.376. The Kier molecular flexibility index (Phi) is 5.78. The molecule has 6 nitrogen and oxygen atoms in total. The van der Waals surface area contributed by atoms with Crippen LogP contribution in [0.2, 0.25) is 10.3 Å². The van der Waals surface area contributed by atoms with Gasteiger partial charge in [0.1, 0.15) is 10.3 Å². The van der Waals surface area contributed by atoms with E-state index in [4.69, 9.17) is 27.9 Å². The van der Waals surface area contributed by atoms with Gasteiger partial charge in [0.25, 0.3) is 5.91 Å². The highest BCUT2D eigenvalue weighted by Gasteiger charge is 2.17. The number of aromatic nitrogens is 1. The molecule has 114 valence electrons. The third-order valence-electron chi connectivity index (χ3n) is 3.05. The van der Waals surface area contributed by atoms with E-state index in [1.165, 1.54) is 12.1 Å². The highest BCUT2D eigenvalue weighted by atomic mass is 35.5. The average molecular weight is 332 g/mol. The van der Waals surface area contributed by atoms with Crippen molar-refractivity contribution in [1.82, 2.24) is 15.2 Å². The summed E-state index contributed by atoms with van der Waals surface area (Å²) in [4.78, 5) is 29.3. The maximum atomic E-state index is 11.9. The summed E-state index contributed by atoms with van der Waals surface area (Å²) in [5, 5.41) is 2.91. The average Bonchev–Trinajstić information content (AvgIpc) is 2.47. The van der Waals surface area contributed by atoms with Gasteiger partial charge in [-0.25, -0.2) is 4.98 Å². The Labute approximate surface area is 132 Å². The van der Waals surface area contributed by atoms with Gasteiger partial charge in [0.15, 0.2) is 0 Å². The van der Waals surface area contributed by atoms with Crippen LogP contribution in [-0.4, -0.2) is 54.5 Å². The predicted octanol–water partition coefficient (Wildman–Crippen LogP) is 1.37. The van der Waals surface area contributed by atoms with Crippen molar-refractivity contribution in [2.75, 3.05) is 32.8 Å². The van der Waals surface area contributed by atoms with Crippen LogP contribution in [0.5, 0.6) is 0 Å². The quantitative estimate of drug-likeness (QED) is 0.846. The van der Waals surface area contributed by atoms with Crippen LogP contribution in [0.15, 0.2) is 12.1 Å². The van der Waals surface area contributed by atoms with Gasteiger partial charge in [-0.2, -0.15) is 0 Å². The van der Waals surface area contributed by atoms with E-state index in [0.717, 1.165) is 0 Å². The van der Waals surface area contributed by atoms with Gasteiger partial charge >= 0.3 is 0 Å². The number of carbonyl (C=O) groups excluding carboxylic acids is 2. The fraction of sp³-hybridized carbons (Fsp3) is 0.462. The summed E-state index contributed by atoms with van der Waals surface area (Å²) >= 11 is 11.5. The molecule has 0 aromatic carbocycles. The molecule has 0 unspecified atom stereocenters. The fourth-order valence-corrected chi connectivity index (χ4v) is 2.36. The minimum absolute atomic E-state index is 0.000993. The predicted molar refractivity (Wildman–Crippen MR) is 78.6 cm³/mol. The van der Waals surface area contributed by atoms with E-state index in [1.54, 1.807) is 4.90 Å². The Hall–Kier alpha value is -1.37. The van der Waals surface area contributed by atoms with E-state index < -0.39 is 0 Å². The summed E-state index contributed by atoms with van der Waals surface area (Å²) in [7, 11) is 0. The summed E-state index contributed by atoms with van der Waals surface area (Å²) < 4.78 is 5.18. The van der Waals surface area contributed by atoms with Crippen LogP contribution in [0.25, 0.3) is 0 Å². The van der Waals surface area contributed by atoms with Gasteiger partial charge < -0.3 is 15.0 Å². The zero-order chi connectivity index (χ0) is 15.2. The van der Waals surface area contributed by atoms with Crippen molar-refractivity contribution in [2.24, 2.45) is 0 Å². The molecule has 8 heteroatoms. The van der Waals surface area contributed by atoms with Crippen LogP contribution in [0, 0.1) is 0 Å². The lowest BCUT2D eigenvalue weighted by molar-refractivity contribution is -0.135. The number of nitrogens with one attached hydrogen (secondary N) is 1. The Morgan fingerprint density at radius 2 is 2.00 bits per heavy atom. The molecule has 0 saturated carbocycles. The molecule has 1 fully saturated rings.